The lowest BCUT2D eigenvalue weighted by atomic mass is 9.87. The van der Waals surface area contributed by atoms with E-state index in [4.69, 9.17) is 11.6 Å². The van der Waals surface area contributed by atoms with Crippen molar-refractivity contribution in [1.82, 2.24) is 14.8 Å². The topological polar surface area (TPSA) is 88.9 Å². The number of carbonyl (C=O) groups excluding carboxylic acids is 2. The number of hydrogen-bond acceptors (Lipinski definition) is 5. The number of hydrogen-bond donors (Lipinski definition) is 2. The Labute approximate surface area is 232 Å². The minimum Gasteiger partial charge on any atom is -0.326 e. The summed E-state index contributed by atoms with van der Waals surface area (Å²) < 4.78 is 1.89. The molecular formula is C29H30ClN5O2S. The van der Waals surface area contributed by atoms with Crippen molar-refractivity contribution in [3.63, 3.8) is 0 Å². The lowest BCUT2D eigenvalue weighted by Gasteiger charge is -2.19. The van der Waals surface area contributed by atoms with Crippen molar-refractivity contribution in [2.24, 2.45) is 0 Å². The van der Waals surface area contributed by atoms with Crippen LogP contribution in [0.25, 0.3) is 17.1 Å². The summed E-state index contributed by atoms with van der Waals surface area (Å²) in [5.41, 5.74) is 4.17. The number of nitrogens with zero attached hydrogens (tertiary/aromatic N) is 3. The van der Waals surface area contributed by atoms with Crippen LogP contribution in [0.4, 0.5) is 11.4 Å². The molecule has 2 amide bonds. The number of amides is 2. The summed E-state index contributed by atoms with van der Waals surface area (Å²) >= 11 is 7.89. The summed E-state index contributed by atoms with van der Waals surface area (Å²) in [6.07, 6.45) is 0. The first kappa shape index (κ1) is 27.4. The van der Waals surface area contributed by atoms with E-state index < -0.39 is 5.25 Å². The molecule has 0 aliphatic heterocycles. The Hall–Kier alpha value is -3.62. The van der Waals surface area contributed by atoms with Crippen LogP contribution in [0.5, 0.6) is 0 Å². The van der Waals surface area contributed by atoms with Gasteiger partial charge < -0.3 is 10.6 Å². The second-order valence-corrected chi connectivity index (χ2v) is 11.6. The van der Waals surface area contributed by atoms with Gasteiger partial charge in [-0.1, -0.05) is 80.5 Å². The first-order valence-electron chi connectivity index (χ1n) is 12.2. The summed E-state index contributed by atoms with van der Waals surface area (Å²) in [5, 5.41) is 15.2. The van der Waals surface area contributed by atoms with E-state index in [1.54, 1.807) is 24.3 Å². The Morgan fingerprint density at radius 2 is 1.50 bits per heavy atom. The molecule has 2 N–H and O–H groups in total. The zero-order chi connectivity index (χ0) is 27.4. The number of aromatic nitrogens is 3. The van der Waals surface area contributed by atoms with Gasteiger partial charge in [0, 0.05) is 23.9 Å². The van der Waals surface area contributed by atoms with E-state index in [2.05, 4.69) is 53.7 Å². The zero-order valence-electron chi connectivity index (χ0n) is 21.9. The predicted molar refractivity (Wildman–Crippen MR) is 155 cm³/mol. The van der Waals surface area contributed by atoms with Gasteiger partial charge in [0.1, 0.15) is 0 Å². The summed E-state index contributed by atoms with van der Waals surface area (Å²) in [7, 11) is 0. The Bertz CT molecular complexity index is 1440. The number of nitrogens with one attached hydrogen (secondary N) is 2. The average Bonchev–Trinajstić information content (AvgIpc) is 3.27. The highest BCUT2D eigenvalue weighted by Crippen LogP contribution is 2.34. The second kappa shape index (κ2) is 11.4. The van der Waals surface area contributed by atoms with Crippen LogP contribution in [0.2, 0.25) is 5.02 Å². The maximum atomic E-state index is 13.0. The molecule has 9 heteroatoms. The molecule has 0 aliphatic rings. The molecule has 0 aliphatic carbocycles. The molecule has 0 saturated heterocycles. The third kappa shape index (κ3) is 6.44. The Balaban J connectivity index is 1.60. The third-order valence-electron chi connectivity index (χ3n) is 5.86. The minimum atomic E-state index is -0.480. The fourth-order valence-corrected chi connectivity index (χ4v) is 4.88. The maximum Gasteiger partial charge on any atom is 0.237 e. The molecule has 1 heterocycles. The SMILES string of the molecule is CC(=O)Nc1ccc(NC(=O)C(C)Sc2nnc(-c3ccc(C(C)(C)C)cc3)n2-c2ccccc2Cl)cc1. The number of thioether (sulfide) groups is 1. The van der Waals surface area contributed by atoms with Gasteiger partial charge in [-0.2, -0.15) is 0 Å². The molecule has 3 aromatic carbocycles. The van der Waals surface area contributed by atoms with Gasteiger partial charge in [0.05, 0.1) is 16.0 Å². The second-order valence-electron chi connectivity index (χ2n) is 9.93. The normalized spacial score (nSPS) is 12.2. The minimum absolute atomic E-state index is 0.0308. The van der Waals surface area contributed by atoms with Crippen LogP contribution in [-0.2, 0) is 15.0 Å². The summed E-state index contributed by atoms with van der Waals surface area (Å²) in [4.78, 5) is 24.2. The Morgan fingerprint density at radius 1 is 0.895 bits per heavy atom. The van der Waals surface area contributed by atoms with E-state index in [1.807, 2.05) is 47.9 Å². The van der Waals surface area contributed by atoms with Crippen LogP contribution in [0.3, 0.4) is 0 Å². The third-order valence-corrected chi connectivity index (χ3v) is 7.22. The highest BCUT2D eigenvalue weighted by molar-refractivity contribution is 8.00. The van der Waals surface area contributed by atoms with Crippen molar-refractivity contribution in [2.45, 2.75) is 50.4 Å². The van der Waals surface area contributed by atoms with Gasteiger partial charge >= 0.3 is 0 Å². The van der Waals surface area contributed by atoms with Gasteiger partial charge in [0.15, 0.2) is 11.0 Å². The quantitative estimate of drug-likeness (QED) is 0.244. The number of para-hydroxylation sites is 1. The molecule has 0 spiro atoms. The zero-order valence-corrected chi connectivity index (χ0v) is 23.5. The van der Waals surface area contributed by atoms with E-state index in [1.165, 1.54) is 24.2 Å². The van der Waals surface area contributed by atoms with Crippen molar-refractivity contribution in [1.29, 1.82) is 0 Å². The molecular weight excluding hydrogens is 518 g/mol. The molecule has 1 unspecified atom stereocenters. The molecule has 38 heavy (non-hydrogen) atoms. The molecule has 0 radical (unpaired) electrons. The summed E-state index contributed by atoms with van der Waals surface area (Å²) in [6.45, 7) is 9.78. The van der Waals surface area contributed by atoms with Crippen molar-refractivity contribution < 1.29 is 9.59 Å². The molecule has 1 atom stereocenters. The van der Waals surface area contributed by atoms with Crippen LogP contribution in [0.1, 0.15) is 40.2 Å². The molecule has 4 rings (SSSR count). The highest BCUT2D eigenvalue weighted by Gasteiger charge is 2.23. The molecule has 7 nitrogen and oxygen atoms in total. The van der Waals surface area contributed by atoms with E-state index >= 15 is 0 Å². The van der Waals surface area contributed by atoms with Crippen molar-refractivity contribution >= 4 is 46.6 Å². The molecule has 196 valence electrons. The van der Waals surface area contributed by atoms with E-state index in [-0.39, 0.29) is 17.2 Å². The van der Waals surface area contributed by atoms with Gasteiger partial charge in [-0.15, -0.1) is 10.2 Å². The fourth-order valence-electron chi connectivity index (χ4n) is 3.80. The number of rotatable bonds is 7. The van der Waals surface area contributed by atoms with Crippen LogP contribution in [0.15, 0.2) is 78.0 Å². The van der Waals surface area contributed by atoms with Crippen LogP contribution in [-0.4, -0.2) is 31.8 Å². The highest BCUT2D eigenvalue weighted by atomic mass is 35.5. The van der Waals surface area contributed by atoms with Crippen LogP contribution in [0, 0.1) is 0 Å². The number of halogens is 1. The maximum absolute atomic E-state index is 13.0. The van der Waals surface area contributed by atoms with Gasteiger partial charge in [-0.05, 0) is 54.3 Å². The van der Waals surface area contributed by atoms with Crippen molar-refractivity contribution in [3.8, 4) is 17.1 Å². The van der Waals surface area contributed by atoms with Gasteiger partial charge in [0.2, 0.25) is 11.8 Å². The first-order chi connectivity index (χ1) is 18.0. The van der Waals surface area contributed by atoms with Crippen LogP contribution < -0.4 is 10.6 Å². The molecule has 0 fully saturated rings. The fraction of sp³-hybridized carbons (Fsp3) is 0.241. The molecule has 1 aromatic heterocycles. The summed E-state index contributed by atoms with van der Waals surface area (Å²) in [5.74, 6) is 0.299. The van der Waals surface area contributed by atoms with Crippen molar-refractivity contribution in [3.05, 3.63) is 83.4 Å². The van der Waals surface area contributed by atoms with Crippen molar-refractivity contribution in [2.75, 3.05) is 10.6 Å². The first-order valence-corrected chi connectivity index (χ1v) is 13.4. The van der Waals surface area contributed by atoms with Gasteiger partial charge in [0.25, 0.3) is 0 Å². The Kier molecular flexibility index (Phi) is 8.23. The van der Waals surface area contributed by atoms with E-state index in [0.29, 0.717) is 27.4 Å². The monoisotopic (exact) mass is 547 g/mol. The molecule has 0 bridgehead atoms. The smallest absolute Gasteiger partial charge is 0.237 e. The predicted octanol–water partition coefficient (Wildman–Crippen LogP) is 6.96. The molecule has 0 saturated carbocycles. The lowest BCUT2D eigenvalue weighted by Crippen LogP contribution is -2.23. The number of carbonyl (C=O) groups is 2. The standard InChI is InChI=1S/C29H30ClN5O2S/c1-18(27(37)32-23-16-14-22(15-17-23)31-19(2)36)38-28-34-33-26(35(28)25-9-7-6-8-24(25)30)20-10-12-21(13-11-20)29(3,4)5/h6-18H,1-5H3,(H,31,36)(H,32,37). The Morgan fingerprint density at radius 3 is 2.08 bits per heavy atom. The van der Waals surface area contributed by atoms with E-state index in [9.17, 15) is 9.59 Å². The van der Waals surface area contributed by atoms with Gasteiger partial charge in [-0.25, -0.2) is 0 Å². The number of benzene rings is 3. The summed E-state index contributed by atoms with van der Waals surface area (Å²) in [6, 6.07) is 22.7. The van der Waals surface area contributed by atoms with Crippen LogP contribution >= 0.6 is 23.4 Å². The molecule has 4 aromatic rings. The average molecular weight is 548 g/mol. The number of anilines is 2. The van der Waals surface area contributed by atoms with Gasteiger partial charge in [-0.3, -0.25) is 14.2 Å². The largest absolute Gasteiger partial charge is 0.326 e. The van der Waals surface area contributed by atoms with E-state index in [0.717, 1.165) is 11.3 Å². The lowest BCUT2D eigenvalue weighted by molar-refractivity contribution is -0.115.